The number of carbonyl (C=O) groups is 1. The molecule has 0 fully saturated rings. The van der Waals surface area contributed by atoms with E-state index in [2.05, 4.69) is 17.5 Å². The molecule has 2 aromatic heterocycles. The summed E-state index contributed by atoms with van der Waals surface area (Å²) >= 11 is 1.47. The molecule has 116 valence electrons. The van der Waals surface area contributed by atoms with Crippen molar-refractivity contribution in [3.8, 4) is 11.3 Å². The number of furan rings is 1. The van der Waals surface area contributed by atoms with E-state index in [-0.39, 0.29) is 18.4 Å². The van der Waals surface area contributed by atoms with Gasteiger partial charge in [-0.2, -0.15) is 0 Å². The minimum Gasteiger partial charge on any atom is -0.464 e. The summed E-state index contributed by atoms with van der Waals surface area (Å²) in [7, 11) is 0. The van der Waals surface area contributed by atoms with Gasteiger partial charge >= 0.3 is 0 Å². The summed E-state index contributed by atoms with van der Waals surface area (Å²) < 4.78 is 5.34. The van der Waals surface area contributed by atoms with E-state index in [0.717, 1.165) is 35.5 Å². The van der Waals surface area contributed by atoms with Crippen LogP contribution in [0.15, 0.2) is 46.4 Å². The molecule has 5 heteroatoms. The van der Waals surface area contributed by atoms with Crippen molar-refractivity contribution in [2.45, 2.75) is 25.4 Å². The second-order valence-electron chi connectivity index (χ2n) is 5.46. The number of carbonyl (C=O) groups excluding carboxylic acids is 1. The van der Waals surface area contributed by atoms with Crippen LogP contribution in [0.25, 0.3) is 11.3 Å². The summed E-state index contributed by atoms with van der Waals surface area (Å²) in [5.74, 6) is 0.859. The van der Waals surface area contributed by atoms with Crippen LogP contribution in [0.1, 0.15) is 30.2 Å². The molecule has 1 aliphatic carbocycles. The maximum absolute atomic E-state index is 12.1. The van der Waals surface area contributed by atoms with Gasteiger partial charge < -0.3 is 14.8 Å². The SMILES string of the molecule is O=C(NCC(O)c1cc(-c2ccco2)cs1)C1CC=CCC1. The second-order valence-corrected chi connectivity index (χ2v) is 6.40. The molecule has 0 spiro atoms. The number of hydrogen-bond donors (Lipinski definition) is 2. The number of allylic oxidation sites excluding steroid dienone is 2. The van der Waals surface area contributed by atoms with Gasteiger partial charge in [-0.1, -0.05) is 12.2 Å². The molecular weight excluding hydrogens is 298 g/mol. The molecule has 0 radical (unpaired) electrons. The van der Waals surface area contributed by atoms with Gasteiger partial charge in [0.1, 0.15) is 11.9 Å². The Hall–Kier alpha value is -1.85. The van der Waals surface area contributed by atoms with Crippen molar-refractivity contribution in [1.29, 1.82) is 0 Å². The lowest BCUT2D eigenvalue weighted by atomic mass is 9.93. The fraction of sp³-hybridized carbons (Fsp3) is 0.353. The summed E-state index contributed by atoms with van der Waals surface area (Å²) in [5, 5.41) is 15.0. The molecule has 0 bridgehead atoms. The van der Waals surface area contributed by atoms with Gasteiger partial charge in [0, 0.05) is 28.3 Å². The van der Waals surface area contributed by atoms with Gasteiger partial charge in [-0.05, 0) is 37.5 Å². The van der Waals surface area contributed by atoms with Crippen molar-refractivity contribution in [2.24, 2.45) is 5.92 Å². The van der Waals surface area contributed by atoms with Crippen LogP contribution >= 0.6 is 11.3 Å². The van der Waals surface area contributed by atoms with Crippen LogP contribution in [0, 0.1) is 5.92 Å². The van der Waals surface area contributed by atoms with E-state index in [1.165, 1.54) is 11.3 Å². The molecule has 1 amide bonds. The zero-order valence-electron chi connectivity index (χ0n) is 12.2. The minimum atomic E-state index is -0.684. The van der Waals surface area contributed by atoms with Gasteiger partial charge in [-0.3, -0.25) is 4.79 Å². The van der Waals surface area contributed by atoms with E-state index in [0.29, 0.717) is 0 Å². The highest BCUT2D eigenvalue weighted by Crippen LogP contribution is 2.29. The molecule has 22 heavy (non-hydrogen) atoms. The van der Waals surface area contributed by atoms with E-state index in [9.17, 15) is 9.90 Å². The minimum absolute atomic E-state index is 0.0335. The van der Waals surface area contributed by atoms with E-state index in [4.69, 9.17) is 4.42 Å². The van der Waals surface area contributed by atoms with Gasteiger partial charge in [0.2, 0.25) is 5.91 Å². The lowest BCUT2D eigenvalue weighted by Crippen LogP contribution is -2.34. The van der Waals surface area contributed by atoms with Crippen molar-refractivity contribution in [3.05, 3.63) is 46.9 Å². The maximum atomic E-state index is 12.1. The molecule has 2 N–H and O–H groups in total. The molecule has 2 unspecified atom stereocenters. The molecule has 0 saturated carbocycles. The van der Waals surface area contributed by atoms with Crippen LogP contribution < -0.4 is 5.32 Å². The Labute approximate surface area is 133 Å². The molecular formula is C17H19NO3S. The predicted molar refractivity (Wildman–Crippen MR) is 86.5 cm³/mol. The highest BCUT2D eigenvalue weighted by atomic mass is 32.1. The molecule has 2 heterocycles. The Bertz CT molecular complexity index is 645. The highest BCUT2D eigenvalue weighted by Gasteiger charge is 2.20. The normalized spacial score (nSPS) is 19.0. The predicted octanol–water partition coefficient (Wildman–Crippen LogP) is 3.51. The number of aliphatic hydroxyl groups is 1. The van der Waals surface area contributed by atoms with Gasteiger partial charge in [-0.15, -0.1) is 11.3 Å². The highest BCUT2D eigenvalue weighted by molar-refractivity contribution is 7.10. The van der Waals surface area contributed by atoms with Gasteiger partial charge in [0.25, 0.3) is 0 Å². The average Bonchev–Trinajstić information content (AvgIpc) is 3.23. The van der Waals surface area contributed by atoms with Crippen molar-refractivity contribution in [1.82, 2.24) is 5.32 Å². The van der Waals surface area contributed by atoms with Crippen LogP contribution in [0.2, 0.25) is 0 Å². The van der Waals surface area contributed by atoms with Crippen LogP contribution in [0.3, 0.4) is 0 Å². The first-order valence-electron chi connectivity index (χ1n) is 7.47. The summed E-state index contributed by atoms with van der Waals surface area (Å²) in [6.45, 7) is 0.247. The molecule has 2 atom stereocenters. The average molecular weight is 317 g/mol. The Balaban J connectivity index is 1.54. The second kappa shape index (κ2) is 6.94. The number of hydrogen-bond acceptors (Lipinski definition) is 4. The summed E-state index contributed by atoms with van der Waals surface area (Å²) in [6.07, 6.45) is 7.75. The summed E-state index contributed by atoms with van der Waals surface area (Å²) in [5.41, 5.74) is 0.952. The standard InChI is InChI=1S/C17H19NO3S/c19-14(10-18-17(20)12-5-2-1-3-6-12)16-9-13(11-22-16)15-7-4-8-21-15/h1-2,4,7-9,11-12,14,19H,3,5-6,10H2,(H,18,20). The van der Waals surface area contributed by atoms with Gasteiger partial charge in [0.15, 0.2) is 0 Å². The lowest BCUT2D eigenvalue weighted by molar-refractivity contribution is -0.125. The van der Waals surface area contributed by atoms with E-state index in [1.54, 1.807) is 6.26 Å². The lowest BCUT2D eigenvalue weighted by Gasteiger charge is -2.18. The first kappa shape index (κ1) is 15.1. The van der Waals surface area contributed by atoms with Crippen LogP contribution in [-0.2, 0) is 4.79 Å². The van der Waals surface area contributed by atoms with Crippen molar-refractivity contribution < 1.29 is 14.3 Å². The number of rotatable bonds is 5. The zero-order valence-corrected chi connectivity index (χ0v) is 13.0. The molecule has 4 nitrogen and oxygen atoms in total. The topological polar surface area (TPSA) is 62.5 Å². The molecule has 1 aliphatic rings. The largest absolute Gasteiger partial charge is 0.464 e. The van der Waals surface area contributed by atoms with Crippen LogP contribution in [0.4, 0.5) is 0 Å². The monoisotopic (exact) mass is 317 g/mol. The Morgan fingerprint density at radius 2 is 2.41 bits per heavy atom. The molecule has 3 rings (SSSR count). The zero-order chi connectivity index (χ0) is 15.4. The van der Waals surface area contributed by atoms with Crippen molar-refractivity contribution in [3.63, 3.8) is 0 Å². The number of amides is 1. The summed E-state index contributed by atoms with van der Waals surface area (Å²) in [6, 6.07) is 5.63. The Morgan fingerprint density at radius 1 is 1.50 bits per heavy atom. The molecule has 2 aromatic rings. The van der Waals surface area contributed by atoms with Crippen molar-refractivity contribution >= 4 is 17.2 Å². The smallest absolute Gasteiger partial charge is 0.223 e. The third-order valence-electron chi connectivity index (χ3n) is 3.86. The molecule has 0 saturated heterocycles. The first-order chi connectivity index (χ1) is 10.7. The van der Waals surface area contributed by atoms with Crippen LogP contribution in [-0.4, -0.2) is 17.6 Å². The number of nitrogens with one attached hydrogen (secondary N) is 1. The van der Waals surface area contributed by atoms with Gasteiger partial charge in [0.05, 0.1) is 6.26 Å². The van der Waals surface area contributed by atoms with Gasteiger partial charge in [-0.25, -0.2) is 0 Å². The van der Waals surface area contributed by atoms with E-state index in [1.807, 2.05) is 23.6 Å². The Morgan fingerprint density at radius 3 is 3.14 bits per heavy atom. The number of thiophene rings is 1. The maximum Gasteiger partial charge on any atom is 0.223 e. The molecule has 0 aromatic carbocycles. The summed E-state index contributed by atoms with van der Waals surface area (Å²) in [4.78, 5) is 12.9. The van der Waals surface area contributed by atoms with E-state index >= 15 is 0 Å². The Kier molecular flexibility index (Phi) is 4.75. The quantitative estimate of drug-likeness (QED) is 0.830. The number of aliphatic hydroxyl groups excluding tert-OH is 1. The van der Waals surface area contributed by atoms with Crippen molar-refractivity contribution in [2.75, 3.05) is 6.54 Å². The fourth-order valence-electron chi connectivity index (χ4n) is 2.57. The third kappa shape index (κ3) is 3.48. The third-order valence-corrected chi connectivity index (χ3v) is 4.90. The fourth-order valence-corrected chi connectivity index (χ4v) is 3.46. The van der Waals surface area contributed by atoms with Crippen LogP contribution in [0.5, 0.6) is 0 Å². The first-order valence-corrected chi connectivity index (χ1v) is 8.35. The van der Waals surface area contributed by atoms with E-state index < -0.39 is 6.10 Å². The molecule has 0 aliphatic heterocycles.